The second kappa shape index (κ2) is 5.63. The van der Waals surface area contributed by atoms with Gasteiger partial charge in [-0.2, -0.15) is 0 Å². The number of hydrogen-bond acceptors (Lipinski definition) is 2. The van der Waals surface area contributed by atoms with E-state index >= 15 is 0 Å². The molecule has 5 heteroatoms. The molecule has 94 valence electrons. The zero-order valence-corrected chi connectivity index (χ0v) is 11.8. The molecule has 2 rings (SSSR count). The first-order valence-corrected chi connectivity index (χ1v) is 7.35. The van der Waals surface area contributed by atoms with Crippen LogP contribution < -0.4 is 5.73 Å². The molecule has 0 aliphatic rings. The standard InChI is InChI=1S/C13H11BrFNOS/c14-10-2-1-3-12(6-10)18(17)8-9-4-5-11(15)7-13(9)16/h1-7H,8,16H2. The van der Waals surface area contributed by atoms with Gasteiger partial charge < -0.3 is 5.73 Å². The van der Waals surface area contributed by atoms with Crippen molar-refractivity contribution in [3.8, 4) is 0 Å². The molecule has 0 spiro atoms. The van der Waals surface area contributed by atoms with Crippen molar-refractivity contribution >= 4 is 32.4 Å². The molecule has 0 bridgehead atoms. The third-order valence-electron chi connectivity index (χ3n) is 2.45. The maximum atomic E-state index is 12.9. The van der Waals surface area contributed by atoms with Gasteiger partial charge >= 0.3 is 0 Å². The molecule has 0 saturated carbocycles. The van der Waals surface area contributed by atoms with Crippen LogP contribution in [0.25, 0.3) is 0 Å². The Labute approximate surface area is 116 Å². The van der Waals surface area contributed by atoms with Gasteiger partial charge in [-0.25, -0.2) is 4.39 Å². The molecule has 0 aromatic heterocycles. The molecule has 0 fully saturated rings. The molecule has 0 amide bonds. The largest absolute Gasteiger partial charge is 0.398 e. The van der Waals surface area contributed by atoms with Gasteiger partial charge in [0, 0.05) is 15.1 Å². The highest BCUT2D eigenvalue weighted by molar-refractivity contribution is 9.10. The highest BCUT2D eigenvalue weighted by atomic mass is 79.9. The Morgan fingerprint density at radius 2 is 2.00 bits per heavy atom. The molecule has 2 aromatic carbocycles. The third-order valence-corrected chi connectivity index (χ3v) is 4.30. The molecule has 0 radical (unpaired) electrons. The average Bonchev–Trinajstić information content (AvgIpc) is 2.32. The molecule has 2 N–H and O–H groups in total. The van der Waals surface area contributed by atoms with E-state index in [4.69, 9.17) is 5.73 Å². The van der Waals surface area contributed by atoms with Crippen LogP contribution in [0.15, 0.2) is 51.8 Å². The first kappa shape index (κ1) is 13.2. The van der Waals surface area contributed by atoms with Crippen LogP contribution in [0, 0.1) is 5.82 Å². The summed E-state index contributed by atoms with van der Waals surface area (Å²) < 4.78 is 25.9. The van der Waals surface area contributed by atoms with Crippen molar-refractivity contribution in [3.05, 3.63) is 58.3 Å². The Bertz CT molecular complexity index is 603. The summed E-state index contributed by atoms with van der Waals surface area (Å²) in [7, 11) is -1.19. The van der Waals surface area contributed by atoms with Crippen LogP contribution in [0.2, 0.25) is 0 Å². The fourth-order valence-corrected chi connectivity index (χ4v) is 3.28. The van der Waals surface area contributed by atoms with Gasteiger partial charge in [0.1, 0.15) is 5.82 Å². The topological polar surface area (TPSA) is 43.1 Å². The van der Waals surface area contributed by atoms with Crippen LogP contribution in [0.3, 0.4) is 0 Å². The Balaban J connectivity index is 2.21. The van der Waals surface area contributed by atoms with Crippen molar-refractivity contribution in [1.29, 1.82) is 0 Å². The van der Waals surface area contributed by atoms with E-state index in [0.717, 1.165) is 4.47 Å². The molecule has 0 saturated heterocycles. The number of halogens is 2. The Kier molecular flexibility index (Phi) is 4.14. The quantitative estimate of drug-likeness (QED) is 0.877. The zero-order valence-electron chi connectivity index (χ0n) is 9.40. The number of benzene rings is 2. The van der Waals surface area contributed by atoms with E-state index in [1.54, 1.807) is 18.2 Å². The minimum atomic E-state index is -1.19. The summed E-state index contributed by atoms with van der Waals surface area (Å²) in [4.78, 5) is 0.716. The Hall–Kier alpha value is -1.20. The van der Waals surface area contributed by atoms with E-state index in [-0.39, 0.29) is 11.6 Å². The summed E-state index contributed by atoms with van der Waals surface area (Å²) in [5.74, 6) is -0.104. The van der Waals surface area contributed by atoms with Crippen LogP contribution in [-0.2, 0) is 16.6 Å². The van der Waals surface area contributed by atoms with Crippen molar-refractivity contribution in [1.82, 2.24) is 0 Å². The van der Waals surface area contributed by atoms with E-state index in [1.165, 1.54) is 12.1 Å². The molecular weight excluding hydrogens is 317 g/mol. The van der Waals surface area contributed by atoms with Crippen molar-refractivity contribution in [2.75, 3.05) is 5.73 Å². The van der Waals surface area contributed by atoms with Crippen molar-refractivity contribution in [2.24, 2.45) is 0 Å². The average molecular weight is 328 g/mol. The summed E-state index contributed by atoms with van der Waals surface area (Å²) >= 11 is 3.33. The zero-order chi connectivity index (χ0) is 13.1. The summed E-state index contributed by atoms with van der Waals surface area (Å²) in [5, 5.41) is 0. The van der Waals surface area contributed by atoms with Crippen molar-refractivity contribution in [2.45, 2.75) is 10.6 Å². The maximum absolute atomic E-state index is 12.9. The Morgan fingerprint density at radius 1 is 1.22 bits per heavy atom. The van der Waals surface area contributed by atoms with Crippen LogP contribution in [0.5, 0.6) is 0 Å². The minimum absolute atomic E-state index is 0.280. The molecule has 0 aliphatic heterocycles. The summed E-state index contributed by atoms with van der Waals surface area (Å²) in [5.41, 5.74) is 6.72. The predicted octanol–water partition coefficient (Wildman–Crippen LogP) is 3.48. The van der Waals surface area contributed by atoms with Gasteiger partial charge in [-0.1, -0.05) is 28.1 Å². The smallest absolute Gasteiger partial charge is 0.125 e. The highest BCUT2D eigenvalue weighted by Gasteiger charge is 2.08. The lowest BCUT2D eigenvalue weighted by molar-refractivity contribution is 0.628. The number of nitrogens with two attached hydrogens (primary N) is 1. The molecule has 2 nitrogen and oxygen atoms in total. The number of nitrogen functional groups attached to an aromatic ring is 1. The first-order valence-electron chi connectivity index (χ1n) is 5.24. The normalized spacial score (nSPS) is 12.3. The van der Waals surface area contributed by atoms with Gasteiger partial charge in [0.2, 0.25) is 0 Å². The highest BCUT2D eigenvalue weighted by Crippen LogP contribution is 2.20. The minimum Gasteiger partial charge on any atom is -0.398 e. The van der Waals surface area contributed by atoms with E-state index in [0.29, 0.717) is 16.1 Å². The SMILES string of the molecule is Nc1cc(F)ccc1CS(=O)c1cccc(Br)c1. The van der Waals surface area contributed by atoms with Gasteiger partial charge in [-0.3, -0.25) is 4.21 Å². The molecule has 0 heterocycles. The molecule has 1 atom stereocenters. The van der Waals surface area contributed by atoms with Crippen LogP contribution in [-0.4, -0.2) is 4.21 Å². The van der Waals surface area contributed by atoms with Gasteiger partial charge in [0.25, 0.3) is 0 Å². The van der Waals surface area contributed by atoms with Crippen LogP contribution >= 0.6 is 15.9 Å². The summed E-state index contributed by atoms with van der Waals surface area (Å²) in [6.07, 6.45) is 0. The van der Waals surface area contributed by atoms with E-state index in [9.17, 15) is 8.60 Å². The summed E-state index contributed by atoms with van der Waals surface area (Å²) in [6, 6.07) is 11.4. The predicted molar refractivity (Wildman–Crippen MR) is 75.1 cm³/mol. The fraction of sp³-hybridized carbons (Fsp3) is 0.0769. The van der Waals surface area contributed by atoms with Crippen molar-refractivity contribution in [3.63, 3.8) is 0 Å². The molecular formula is C13H11BrFNOS. The second-order valence-electron chi connectivity index (χ2n) is 3.79. The number of rotatable bonds is 3. The monoisotopic (exact) mass is 327 g/mol. The maximum Gasteiger partial charge on any atom is 0.125 e. The van der Waals surface area contributed by atoms with Gasteiger partial charge in [0.05, 0.1) is 16.6 Å². The first-order chi connectivity index (χ1) is 8.56. The van der Waals surface area contributed by atoms with E-state index < -0.39 is 10.8 Å². The lowest BCUT2D eigenvalue weighted by Crippen LogP contribution is -2.01. The van der Waals surface area contributed by atoms with Gasteiger partial charge in [-0.15, -0.1) is 0 Å². The van der Waals surface area contributed by atoms with Gasteiger partial charge in [-0.05, 0) is 35.9 Å². The van der Waals surface area contributed by atoms with Crippen LogP contribution in [0.1, 0.15) is 5.56 Å². The molecule has 2 aromatic rings. The molecule has 0 aliphatic carbocycles. The fourth-order valence-electron chi connectivity index (χ4n) is 1.53. The van der Waals surface area contributed by atoms with E-state index in [2.05, 4.69) is 15.9 Å². The van der Waals surface area contributed by atoms with Crippen molar-refractivity contribution < 1.29 is 8.60 Å². The van der Waals surface area contributed by atoms with Gasteiger partial charge in [0.15, 0.2) is 0 Å². The van der Waals surface area contributed by atoms with E-state index in [1.807, 2.05) is 12.1 Å². The lowest BCUT2D eigenvalue weighted by Gasteiger charge is -2.06. The number of anilines is 1. The molecule has 18 heavy (non-hydrogen) atoms. The molecule has 1 unspecified atom stereocenters. The third kappa shape index (κ3) is 3.17. The lowest BCUT2D eigenvalue weighted by atomic mass is 10.2. The van der Waals surface area contributed by atoms with Crippen LogP contribution in [0.4, 0.5) is 10.1 Å². The Morgan fingerprint density at radius 3 is 2.67 bits per heavy atom. The number of hydrogen-bond donors (Lipinski definition) is 1. The summed E-state index contributed by atoms with van der Waals surface area (Å²) in [6.45, 7) is 0. The second-order valence-corrected chi connectivity index (χ2v) is 6.16.